The van der Waals surface area contributed by atoms with E-state index in [9.17, 15) is 9.90 Å². The number of ether oxygens (including phenoxy) is 1. The van der Waals surface area contributed by atoms with Gasteiger partial charge in [-0.3, -0.25) is 4.79 Å². The fraction of sp³-hybridized carbons (Fsp3) is 0.190. The largest absolute Gasteiger partial charge is 0.507 e. The van der Waals surface area contributed by atoms with Crippen LogP contribution in [0.5, 0.6) is 11.5 Å². The first kappa shape index (κ1) is 19.0. The lowest BCUT2D eigenvalue weighted by Crippen LogP contribution is -3.08. The van der Waals surface area contributed by atoms with Crippen molar-refractivity contribution in [3.8, 4) is 11.5 Å². The van der Waals surface area contributed by atoms with Gasteiger partial charge in [0.2, 0.25) is 0 Å². The number of hydrogen-bond donors (Lipinski definition) is 3. The molecule has 0 heterocycles. The van der Waals surface area contributed by atoms with Gasteiger partial charge in [-0.15, -0.1) is 0 Å². The summed E-state index contributed by atoms with van der Waals surface area (Å²) >= 11 is 6.08. The van der Waals surface area contributed by atoms with Crippen LogP contribution in [0.15, 0.2) is 54.6 Å². The van der Waals surface area contributed by atoms with Gasteiger partial charge >= 0.3 is 0 Å². The van der Waals surface area contributed by atoms with Gasteiger partial charge in [-0.2, -0.15) is 0 Å². The number of benzene rings is 3. The summed E-state index contributed by atoms with van der Waals surface area (Å²) in [7, 11) is 3.52. The predicted octanol–water partition coefficient (Wildman–Crippen LogP) is 2.86. The van der Waals surface area contributed by atoms with E-state index in [1.165, 1.54) is 0 Å². The van der Waals surface area contributed by atoms with E-state index in [4.69, 9.17) is 16.3 Å². The summed E-state index contributed by atoms with van der Waals surface area (Å²) < 4.78 is 5.30. The number of anilines is 1. The smallest absolute Gasteiger partial charge is 0.279 e. The van der Waals surface area contributed by atoms with Gasteiger partial charge in [-0.1, -0.05) is 35.9 Å². The molecule has 0 aliphatic heterocycles. The monoisotopic (exact) mass is 385 g/mol. The Kier molecular flexibility index (Phi) is 5.84. The number of phenols is 1. The second kappa shape index (κ2) is 8.29. The van der Waals surface area contributed by atoms with Crippen molar-refractivity contribution in [1.82, 2.24) is 0 Å². The average molecular weight is 386 g/mol. The lowest BCUT2D eigenvalue weighted by Gasteiger charge is -2.17. The number of hydrogen-bond acceptors (Lipinski definition) is 3. The first-order chi connectivity index (χ1) is 13.0. The molecule has 0 aromatic heterocycles. The standard InChI is InChI=1S/C21H21ClN2O3/c1-24(13-21(26)23-19-6-4-3-5-18(19)22)12-17-16-11-15(27-2)9-7-14(16)8-10-20(17)25/h3-11,25H,12-13H2,1-2H3,(H,23,26)/p+1. The van der Waals surface area contributed by atoms with E-state index in [0.29, 0.717) is 17.3 Å². The summed E-state index contributed by atoms with van der Waals surface area (Å²) in [5.41, 5.74) is 1.38. The second-order valence-electron chi connectivity index (χ2n) is 6.49. The van der Waals surface area contributed by atoms with Crippen LogP contribution in [0.1, 0.15) is 5.56 Å². The van der Waals surface area contributed by atoms with Crippen LogP contribution in [0.3, 0.4) is 0 Å². The Labute approximate surface area is 163 Å². The summed E-state index contributed by atoms with van der Waals surface area (Å²) in [4.78, 5) is 13.3. The highest BCUT2D eigenvalue weighted by molar-refractivity contribution is 6.33. The molecule has 140 valence electrons. The van der Waals surface area contributed by atoms with Crippen LogP contribution >= 0.6 is 11.6 Å². The van der Waals surface area contributed by atoms with Crippen LogP contribution in [0.2, 0.25) is 5.02 Å². The summed E-state index contributed by atoms with van der Waals surface area (Å²) in [6, 6.07) is 16.4. The fourth-order valence-corrected chi connectivity index (χ4v) is 3.24. The van der Waals surface area contributed by atoms with Crippen molar-refractivity contribution >= 4 is 34.0 Å². The molecular formula is C21H22ClN2O3+. The van der Waals surface area contributed by atoms with Gasteiger partial charge in [0.15, 0.2) is 6.54 Å². The number of aromatic hydroxyl groups is 1. The molecule has 1 amide bonds. The van der Waals surface area contributed by atoms with Gasteiger partial charge in [0.05, 0.1) is 30.4 Å². The number of amides is 1. The third kappa shape index (κ3) is 4.51. The molecule has 0 aliphatic carbocycles. The Hall–Kier alpha value is -2.76. The average Bonchev–Trinajstić information content (AvgIpc) is 2.65. The zero-order valence-corrected chi connectivity index (χ0v) is 16.0. The number of methoxy groups -OCH3 is 1. The normalized spacial score (nSPS) is 12.0. The molecule has 3 rings (SSSR count). The van der Waals surface area contributed by atoms with Crippen LogP contribution in [-0.2, 0) is 11.3 Å². The number of halogens is 1. The zero-order chi connectivity index (χ0) is 19.4. The summed E-state index contributed by atoms with van der Waals surface area (Å²) in [5.74, 6) is 0.794. The van der Waals surface area contributed by atoms with Crippen molar-refractivity contribution in [2.24, 2.45) is 0 Å². The van der Waals surface area contributed by atoms with Gasteiger partial charge < -0.3 is 20.1 Å². The highest BCUT2D eigenvalue weighted by Crippen LogP contribution is 2.29. The number of para-hydroxylation sites is 1. The number of carbonyl (C=O) groups is 1. The van der Waals surface area contributed by atoms with E-state index in [1.807, 2.05) is 43.4 Å². The summed E-state index contributed by atoms with van der Waals surface area (Å²) in [6.07, 6.45) is 0. The molecule has 1 unspecified atom stereocenters. The molecule has 0 bridgehead atoms. The van der Waals surface area contributed by atoms with Gasteiger partial charge in [-0.25, -0.2) is 0 Å². The highest BCUT2D eigenvalue weighted by atomic mass is 35.5. The van der Waals surface area contributed by atoms with Crippen LogP contribution in [0.4, 0.5) is 5.69 Å². The molecule has 6 heteroatoms. The molecule has 1 atom stereocenters. The van der Waals surface area contributed by atoms with Gasteiger partial charge in [0, 0.05) is 0 Å². The maximum absolute atomic E-state index is 12.3. The minimum absolute atomic E-state index is 0.141. The molecule has 0 radical (unpaired) electrons. The topological polar surface area (TPSA) is 63.0 Å². The quantitative estimate of drug-likeness (QED) is 0.611. The third-order valence-electron chi connectivity index (χ3n) is 4.40. The van der Waals surface area contributed by atoms with Crippen LogP contribution in [0.25, 0.3) is 10.8 Å². The van der Waals surface area contributed by atoms with E-state index in [0.717, 1.165) is 27.0 Å². The van der Waals surface area contributed by atoms with E-state index >= 15 is 0 Å². The number of quaternary nitrogens is 1. The van der Waals surface area contributed by atoms with Crippen molar-refractivity contribution < 1.29 is 19.5 Å². The molecule has 0 aliphatic rings. The lowest BCUT2D eigenvalue weighted by atomic mass is 10.0. The van der Waals surface area contributed by atoms with Crippen molar-refractivity contribution in [3.63, 3.8) is 0 Å². The minimum atomic E-state index is -0.141. The van der Waals surface area contributed by atoms with Gasteiger partial charge in [0.25, 0.3) is 5.91 Å². The van der Waals surface area contributed by atoms with E-state index in [1.54, 1.807) is 25.3 Å². The molecule has 0 spiro atoms. The Morgan fingerprint density at radius 2 is 1.93 bits per heavy atom. The molecule has 5 nitrogen and oxygen atoms in total. The van der Waals surface area contributed by atoms with Gasteiger partial charge in [0.1, 0.15) is 18.0 Å². The van der Waals surface area contributed by atoms with Crippen LogP contribution in [0, 0.1) is 0 Å². The maximum atomic E-state index is 12.3. The van der Waals surface area contributed by atoms with E-state index in [2.05, 4.69) is 5.32 Å². The van der Waals surface area contributed by atoms with Crippen molar-refractivity contribution in [2.75, 3.05) is 26.0 Å². The van der Waals surface area contributed by atoms with Gasteiger partial charge in [-0.05, 0) is 41.1 Å². The number of fused-ring (bicyclic) bond motifs is 1. The summed E-state index contributed by atoms with van der Waals surface area (Å²) in [5, 5.41) is 15.6. The SMILES string of the molecule is COc1ccc2ccc(O)c(C[NH+](C)CC(=O)Nc3ccccc3Cl)c2c1. The van der Waals surface area contributed by atoms with Crippen molar-refractivity contribution in [2.45, 2.75) is 6.54 Å². The Balaban J connectivity index is 1.75. The zero-order valence-electron chi connectivity index (χ0n) is 15.3. The molecule has 27 heavy (non-hydrogen) atoms. The van der Waals surface area contributed by atoms with E-state index in [-0.39, 0.29) is 18.2 Å². The Morgan fingerprint density at radius 1 is 1.19 bits per heavy atom. The molecular weight excluding hydrogens is 364 g/mol. The Morgan fingerprint density at radius 3 is 2.67 bits per heavy atom. The second-order valence-corrected chi connectivity index (χ2v) is 6.90. The predicted molar refractivity (Wildman–Crippen MR) is 108 cm³/mol. The minimum Gasteiger partial charge on any atom is -0.507 e. The number of phenolic OH excluding ortho intramolecular Hbond substituents is 1. The Bertz CT molecular complexity index is 975. The first-order valence-corrected chi connectivity index (χ1v) is 9.00. The lowest BCUT2D eigenvalue weighted by molar-refractivity contribution is -0.885. The molecule has 0 saturated carbocycles. The summed E-state index contributed by atoms with van der Waals surface area (Å²) in [6.45, 7) is 0.733. The molecule has 0 saturated heterocycles. The fourth-order valence-electron chi connectivity index (χ4n) is 3.06. The van der Waals surface area contributed by atoms with Crippen LogP contribution in [-0.4, -0.2) is 31.7 Å². The number of rotatable bonds is 6. The first-order valence-electron chi connectivity index (χ1n) is 8.62. The van der Waals surface area contributed by atoms with E-state index < -0.39 is 0 Å². The third-order valence-corrected chi connectivity index (χ3v) is 4.73. The van der Waals surface area contributed by atoms with Crippen molar-refractivity contribution in [3.05, 3.63) is 65.2 Å². The maximum Gasteiger partial charge on any atom is 0.279 e. The molecule has 3 aromatic carbocycles. The van der Waals surface area contributed by atoms with Crippen molar-refractivity contribution in [1.29, 1.82) is 0 Å². The number of likely N-dealkylation sites (N-methyl/N-ethyl adjacent to an activating group) is 1. The number of carbonyl (C=O) groups excluding carboxylic acids is 1. The highest BCUT2D eigenvalue weighted by Gasteiger charge is 2.16. The molecule has 3 aromatic rings. The molecule has 0 fully saturated rings. The van der Waals surface area contributed by atoms with Crippen LogP contribution < -0.4 is 15.0 Å². The molecule has 3 N–H and O–H groups in total. The number of nitrogens with one attached hydrogen (secondary N) is 2.